The van der Waals surface area contributed by atoms with Crippen LogP contribution in [0.1, 0.15) is 284 Å². The molecule has 2 unspecified atom stereocenters. The molecular formula is C57H110NO7P. The monoisotopic (exact) mass is 952 g/mol. The number of allylic oxidation sites excluding steroid dienone is 6. The second kappa shape index (κ2) is 54.7. The molecule has 0 bridgehead atoms. The first-order chi connectivity index (χ1) is 32.4. The van der Waals surface area contributed by atoms with E-state index in [2.05, 4.69) is 50.3 Å². The van der Waals surface area contributed by atoms with Crippen LogP contribution in [0.4, 0.5) is 0 Å². The maximum atomic E-state index is 12.7. The number of ether oxygens (including phenoxy) is 2. The minimum absolute atomic E-state index is 0.0946. The van der Waals surface area contributed by atoms with Crippen LogP contribution in [0.15, 0.2) is 36.5 Å². The van der Waals surface area contributed by atoms with Gasteiger partial charge in [0, 0.05) is 19.6 Å². The summed E-state index contributed by atoms with van der Waals surface area (Å²) >= 11 is 0. The van der Waals surface area contributed by atoms with Gasteiger partial charge in [-0.1, -0.05) is 243 Å². The van der Waals surface area contributed by atoms with Gasteiger partial charge in [-0.15, -0.1) is 0 Å². The van der Waals surface area contributed by atoms with Gasteiger partial charge in [0.2, 0.25) is 0 Å². The summed E-state index contributed by atoms with van der Waals surface area (Å²) < 4.78 is 33.7. The number of hydrogen-bond acceptors (Lipinski definition) is 7. The minimum atomic E-state index is -4.29. The zero-order chi connectivity index (χ0) is 48.0. The van der Waals surface area contributed by atoms with Crippen molar-refractivity contribution in [3.05, 3.63) is 36.5 Å². The number of carbonyl (C=O) groups excluding carboxylic acids is 1. The molecule has 2 atom stereocenters. The van der Waals surface area contributed by atoms with E-state index in [9.17, 15) is 14.3 Å². The Labute approximate surface area is 409 Å². The molecule has 0 spiro atoms. The summed E-state index contributed by atoms with van der Waals surface area (Å²) in [5.74, 6) is -0.327. The molecule has 0 aromatic rings. The maximum absolute atomic E-state index is 12.7. The molecule has 3 N–H and O–H groups in total. The molecule has 0 saturated carbocycles. The molecular weight excluding hydrogens is 842 g/mol. The van der Waals surface area contributed by atoms with E-state index >= 15 is 0 Å². The van der Waals surface area contributed by atoms with Crippen molar-refractivity contribution in [2.45, 2.75) is 290 Å². The maximum Gasteiger partial charge on any atom is 0.472 e. The molecule has 0 aromatic heterocycles. The number of esters is 1. The Bertz CT molecular complexity index is 1110. The zero-order valence-corrected chi connectivity index (χ0v) is 44.6. The van der Waals surface area contributed by atoms with E-state index in [1.807, 2.05) is 0 Å². The van der Waals surface area contributed by atoms with E-state index in [0.29, 0.717) is 13.0 Å². The summed E-state index contributed by atoms with van der Waals surface area (Å²) in [6, 6.07) is 0. The number of hydrogen-bond donors (Lipinski definition) is 2. The highest BCUT2D eigenvalue weighted by Gasteiger charge is 2.25. The van der Waals surface area contributed by atoms with Gasteiger partial charge >= 0.3 is 13.8 Å². The van der Waals surface area contributed by atoms with E-state index in [0.717, 1.165) is 38.5 Å². The number of unbranched alkanes of at least 4 members (excludes halogenated alkanes) is 36. The highest BCUT2D eigenvalue weighted by atomic mass is 31.2. The van der Waals surface area contributed by atoms with Crippen LogP contribution in [-0.2, 0) is 27.9 Å². The molecule has 0 saturated heterocycles. The van der Waals surface area contributed by atoms with Gasteiger partial charge in [-0.25, -0.2) is 4.57 Å². The van der Waals surface area contributed by atoms with Gasteiger partial charge in [-0.05, 0) is 70.6 Å². The van der Waals surface area contributed by atoms with Crippen molar-refractivity contribution in [3.63, 3.8) is 0 Å². The number of carbonyl (C=O) groups is 1. The standard InChI is InChI=1S/C57H110NO7P/c1-3-5-7-9-11-13-15-17-19-21-23-25-27-28-29-30-32-34-36-38-40-42-44-46-48-50-57(59)65-56(55-64-66(60,61)63-53-51-58)54-62-52-49-47-45-43-41-39-37-35-33-31-26-24-22-20-18-16-14-12-10-8-6-4-2/h15,17,21-24,56H,3-14,16,18-20,25-55,58H2,1-2H3,(H,60,61)/b17-15-,23-21-,24-22-. The Balaban J connectivity index is 3.87. The number of rotatable bonds is 55. The highest BCUT2D eigenvalue weighted by Crippen LogP contribution is 2.43. The molecule has 0 rings (SSSR count). The second-order valence-electron chi connectivity index (χ2n) is 19.1. The summed E-state index contributed by atoms with van der Waals surface area (Å²) in [6.45, 7) is 4.96. The number of nitrogens with two attached hydrogens (primary N) is 1. The van der Waals surface area contributed by atoms with E-state index in [4.69, 9.17) is 24.3 Å². The molecule has 0 aliphatic rings. The average molecular weight is 952 g/mol. The van der Waals surface area contributed by atoms with E-state index in [1.165, 1.54) is 225 Å². The van der Waals surface area contributed by atoms with Crippen molar-refractivity contribution in [3.8, 4) is 0 Å². The van der Waals surface area contributed by atoms with Crippen LogP contribution in [0.2, 0.25) is 0 Å². The van der Waals surface area contributed by atoms with Gasteiger partial charge in [0.05, 0.1) is 19.8 Å². The van der Waals surface area contributed by atoms with Gasteiger partial charge < -0.3 is 20.1 Å². The topological polar surface area (TPSA) is 117 Å². The molecule has 0 aliphatic carbocycles. The lowest BCUT2D eigenvalue weighted by Crippen LogP contribution is -2.28. The molecule has 0 aromatic carbocycles. The molecule has 0 heterocycles. The Kier molecular flexibility index (Phi) is 53.6. The third-order valence-corrected chi connectivity index (χ3v) is 13.5. The molecule has 0 radical (unpaired) electrons. The van der Waals surface area contributed by atoms with Crippen LogP contribution < -0.4 is 5.73 Å². The van der Waals surface area contributed by atoms with Crippen molar-refractivity contribution >= 4 is 13.8 Å². The van der Waals surface area contributed by atoms with E-state index in [-0.39, 0.29) is 32.3 Å². The van der Waals surface area contributed by atoms with Crippen molar-refractivity contribution < 1.29 is 32.8 Å². The number of phosphoric ester groups is 1. The highest BCUT2D eigenvalue weighted by molar-refractivity contribution is 7.47. The Morgan fingerprint density at radius 3 is 1.20 bits per heavy atom. The summed E-state index contributed by atoms with van der Waals surface area (Å²) in [5.41, 5.74) is 5.40. The van der Waals surface area contributed by atoms with Gasteiger partial charge in [-0.3, -0.25) is 13.8 Å². The van der Waals surface area contributed by atoms with Crippen LogP contribution in [-0.4, -0.2) is 49.9 Å². The molecule has 0 aliphatic heterocycles. The lowest BCUT2D eigenvalue weighted by Gasteiger charge is -2.20. The van der Waals surface area contributed by atoms with Gasteiger partial charge in [-0.2, -0.15) is 0 Å². The van der Waals surface area contributed by atoms with E-state index < -0.39 is 13.9 Å². The first-order valence-corrected chi connectivity index (χ1v) is 30.0. The predicted octanol–water partition coefficient (Wildman–Crippen LogP) is 18.1. The first-order valence-electron chi connectivity index (χ1n) is 28.5. The van der Waals surface area contributed by atoms with Crippen LogP contribution >= 0.6 is 7.82 Å². The third-order valence-electron chi connectivity index (χ3n) is 12.5. The summed E-state index contributed by atoms with van der Waals surface area (Å²) in [6.07, 6.45) is 66.2. The summed E-state index contributed by atoms with van der Waals surface area (Å²) in [5, 5.41) is 0. The largest absolute Gasteiger partial charge is 0.472 e. The lowest BCUT2D eigenvalue weighted by atomic mass is 10.0. The fourth-order valence-corrected chi connectivity index (χ4v) is 9.08. The molecule has 66 heavy (non-hydrogen) atoms. The first kappa shape index (κ1) is 64.7. The van der Waals surface area contributed by atoms with Crippen LogP contribution in [0, 0.1) is 0 Å². The molecule has 390 valence electrons. The molecule has 0 fully saturated rings. The Morgan fingerprint density at radius 2 is 0.803 bits per heavy atom. The third kappa shape index (κ3) is 53.7. The van der Waals surface area contributed by atoms with Gasteiger partial charge in [0.1, 0.15) is 6.10 Å². The smallest absolute Gasteiger partial charge is 0.457 e. The van der Waals surface area contributed by atoms with Crippen molar-refractivity contribution in [2.75, 3.05) is 33.0 Å². The number of phosphoric acid groups is 1. The summed E-state index contributed by atoms with van der Waals surface area (Å²) in [4.78, 5) is 22.7. The lowest BCUT2D eigenvalue weighted by molar-refractivity contribution is -0.154. The second-order valence-corrected chi connectivity index (χ2v) is 20.6. The Morgan fingerprint density at radius 1 is 0.455 bits per heavy atom. The SMILES string of the molecule is CCCCCCC/C=C\C/C=C\CCCCCCCCCCCCCCCC(=O)OC(COCCCCCCCCCCCC/C=C\CCCCCCCCCC)COP(=O)(O)OCCN. The van der Waals surface area contributed by atoms with Crippen LogP contribution in [0.5, 0.6) is 0 Å². The quantitative estimate of drug-likeness (QED) is 0.0268. The predicted molar refractivity (Wildman–Crippen MR) is 284 cm³/mol. The zero-order valence-electron chi connectivity index (χ0n) is 43.7. The molecule has 8 nitrogen and oxygen atoms in total. The molecule has 0 amide bonds. The van der Waals surface area contributed by atoms with Crippen molar-refractivity contribution in [1.29, 1.82) is 0 Å². The average Bonchev–Trinajstić information content (AvgIpc) is 3.31. The van der Waals surface area contributed by atoms with Crippen LogP contribution in [0.3, 0.4) is 0 Å². The van der Waals surface area contributed by atoms with Gasteiger partial charge in [0.25, 0.3) is 0 Å². The fraction of sp³-hybridized carbons (Fsp3) is 0.877. The van der Waals surface area contributed by atoms with Gasteiger partial charge in [0.15, 0.2) is 0 Å². The fourth-order valence-electron chi connectivity index (χ4n) is 8.32. The van der Waals surface area contributed by atoms with Crippen molar-refractivity contribution in [1.82, 2.24) is 0 Å². The van der Waals surface area contributed by atoms with Crippen molar-refractivity contribution in [2.24, 2.45) is 5.73 Å². The summed E-state index contributed by atoms with van der Waals surface area (Å²) in [7, 11) is -4.29. The molecule has 9 heteroatoms. The minimum Gasteiger partial charge on any atom is -0.457 e. The normalized spacial score (nSPS) is 13.5. The Hall–Kier alpha value is -1.28. The van der Waals surface area contributed by atoms with E-state index in [1.54, 1.807) is 0 Å². The van der Waals surface area contributed by atoms with Crippen LogP contribution in [0.25, 0.3) is 0 Å².